The first-order chi connectivity index (χ1) is 10.2. The summed E-state index contributed by atoms with van der Waals surface area (Å²) in [5.41, 5.74) is 3.07. The van der Waals surface area contributed by atoms with E-state index in [-0.39, 0.29) is 0 Å². The van der Waals surface area contributed by atoms with Crippen LogP contribution in [0.2, 0.25) is 0 Å². The van der Waals surface area contributed by atoms with E-state index >= 15 is 0 Å². The predicted molar refractivity (Wildman–Crippen MR) is 86.4 cm³/mol. The molecule has 0 aliphatic rings. The van der Waals surface area contributed by atoms with Crippen LogP contribution in [0.15, 0.2) is 23.6 Å². The fourth-order valence-corrected chi connectivity index (χ4v) is 3.33. The Morgan fingerprint density at radius 2 is 2.19 bits per heavy atom. The summed E-state index contributed by atoms with van der Waals surface area (Å²) in [5, 5.41) is 3.21. The summed E-state index contributed by atoms with van der Waals surface area (Å²) in [6.07, 6.45) is 0.880. The molecule has 0 unspecified atom stereocenters. The Morgan fingerprint density at radius 3 is 2.86 bits per heavy atom. The number of thiazole rings is 1. The number of benzene rings is 1. The van der Waals surface area contributed by atoms with Crippen LogP contribution in [0, 0.1) is 6.92 Å². The number of methoxy groups -OCH3 is 1. The Morgan fingerprint density at radius 1 is 1.33 bits per heavy atom. The second-order valence-electron chi connectivity index (χ2n) is 4.80. The molecule has 0 atom stereocenters. The van der Waals surface area contributed by atoms with Gasteiger partial charge in [0.25, 0.3) is 0 Å². The highest BCUT2D eigenvalue weighted by molar-refractivity contribution is 7.09. The van der Waals surface area contributed by atoms with E-state index in [0.717, 1.165) is 46.3 Å². The molecule has 0 aliphatic carbocycles. The molecular formula is C15H16ClN3OS. The SMILES string of the molecule is COc1ccc2nc(CCl)n(CCc3nc(C)cs3)c2c1. The van der Waals surface area contributed by atoms with E-state index in [1.165, 1.54) is 0 Å². The predicted octanol–water partition coefficient (Wildman–Crippen LogP) is 3.79. The van der Waals surface area contributed by atoms with Gasteiger partial charge in [-0.15, -0.1) is 22.9 Å². The minimum Gasteiger partial charge on any atom is -0.497 e. The molecule has 0 saturated carbocycles. The number of nitrogens with zero attached hydrogens (tertiary/aromatic N) is 3. The van der Waals surface area contributed by atoms with E-state index in [1.807, 2.05) is 25.1 Å². The molecule has 0 saturated heterocycles. The third-order valence-corrected chi connectivity index (χ3v) is 4.64. The molecule has 0 spiro atoms. The number of hydrogen-bond donors (Lipinski definition) is 0. The molecule has 3 rings (SSSR count). The summed E-state index contributed by atoms with van der Waals surface area (Å²) in [5.74, 6) is 2.11. The van der Waals surface area contributed by atoms with Crippen molar-refractivity contribution in [3.8, 4) is 5.75 Å². The molecule has 0 fully saturated rings. The van der Waals surface area contributed by atoms with Gasteiger partial charge in [-0.05, 0) is 19.1 Å². The zero-order chi connectivity index (χ0) is 14.8. The molecule has 0 amide bonds. The lowest BCUT2D eigenvalue weighted by molar-refractivity contribution is 0.415. The molecule has 1 aromatic carbocycles. The van der Waals surface area contributed by atoms with E-state index in [9.17, 15) is 0 Å². The van der Waals surface area contributed by atoms with Crippen LogP contribution in [-0.2, 0) is 18.8 Å². The number of rotatable bonds is 5. The Labute approximate surface area is 132 Å². The monoisotopic (exact) mass is 321 g/mol. The van der Waals surface area contributed by atoms with Gasteiger partial charge in [-0.2, -0.15) is 0 Å². The van der Waals surface area contributed by atoms with Crippen molar-refractivity contribution >= 4 is 34.0 Å². The van der Waals surface area contributed by atoms with Crippen molar-refractivity contribution < 1.29 is 4.74 Å². The highest BCUT2D eigenvalue weighted by Crippen LogP contribution is 2.23. The minimum atomic E-state index is 0.397. The second-order valence-corrected chi connectivity index (χ2v) is 6.01. The summed E-state index contributed by atoms with van der Waals surface area (Å²) in [4.78, 5) is 9.09. The molecule has 4 nitrogen and oxygen atoms in total. The lowest BCUT2D eigenvalue weighted by Crippen LogP contribution is -2.05. The van der Waals surface area contributed by atoms with Crippen LogP contribution in [0.4, 0.5) is 0 Å². The number of fused-ring (bicyclic) bond motifs is 1. The molecular weight excluding hydrogens is 306 g/mol. The zero-order valence-electron chi connectivity index (χ0n) is 12.0. The van der Waals surface area contributed by atoms with Crippen LogP contribution in [0.5, 0.6) is 5.75 Å². The maximum absolute atomic E-state index is 6.04. The maximum atomic E-state index is 6.04. The van der Waals surface area contributed by atoms with Crippen molar-refractivity contribution in [3.63, 3.8) is 0 Å². The molecule has 110 valence electrons. The highest BCUT2D eigenvalue weighted by atomic mass is 35.5. The molecule has 0 aliphatic heterocycles. The third kappa shape index (κ3) is 2.89. The van der Waals surface area contributed by atoms with Crippen LogP contribution in [0.25, 0.3) is 11.0 Å². The first-order valence-electron chi connectivity index (χ1n) is 6.71. The van der Waals surface area contributed by atoms with E-state index in [2.05, 4.69) is 19.9 Å². The zero-order valence-corrected chi connectivity index (χ0v) is 13.5. The van der Waals surface area contributed by atoms with Crippen LogP contribution in [0.3, 0.4) is 0 Å². The third-order valence-electron chi connectivity index (χ3n) is 3.37. The van der Waals surface area contributed by atoms with Gasteiger partial charge in [0.1, 0.15) is 11.6 Å². The van der Waals surface area contributed by atoms with Crippen molar-refractivity contribution in [2.45, 2.75) is 25.8 Å². The van der Waals surface area contributed by atoms with E-state index < -0.39 is 0 Å². The lowest BCUT2D eigenvalue weighted by Gasteiger charge is -2.07. The van der Waals surface area contributed by atoms with Crippen molar-refractivity contribution in [3.05, 3.63) is 40.1 Å². The van der Waals surface area contributed by atoms with Crippen LogP contribution >= 0.6 is 22.9 Å². The normalized spacial score (nSPS) is 11.2. The Hall–Kier alpha value is -1.59. The average molecular weight is 322 g/mol. The van der Waals surface area contributed by atoms with Gasteiger partial charge in [-0.1, -0.05) is 0 Å². The van der Waals surface area contributed by atoms with Crippen molar-refractivity contribution in [2.75, 3.05) is 7.11 Å². The summed E-state index contributed by atoms with van der Waals surface area (Å²) < 4.78 is 7.46. The van der Waals surface area contributed by atoms with Crippen molar-refractivity contribution in [2.24, 2.45) is 0 Å². The van der Waals surface area contributed by atoms with Crippen molar-refractivity contribution in [1.29, 1.82) is 0 Å². The van der Waals surface area contributed by atoms with Crippen molar-refractivity contribution in [1.82, 2.24) is 14.5 Å². The highest BCUT2D eigenvalue weighted by Gasteiger charge is 2.11. The molecule has 6 heteroatoms. The maximum Gasteiger partial charge on any atom is 0.124 e. The van der Waals surface area contributed by atoms with E-state index in [4.69, 9.17) is 16.3 Å². The molecule has 21 heavy (non-hydrogen) atoms. The fraction of sp³-hybridized carbons (Fsp3) is 0.333. The van der Waals surface area contributed by atoms with Gasteiger partial charge >= 0.3 is 0 Å². The van der Waals surface area contributed by atoms with Crippen LogP contribution in [0.1, 0.15) is 16.5 Å². The quantitative estimate of drug-likeness (QED) is 0.671. The Bertz CT molecular complexity index is 765. The molecule has 3 aromatic rings. The second kappa shape index (κ2) is 6.03. The van der Waals surface area contributed by atoms with Gasteiger partial charge in [0.15, 0.2) is 0 Å². The molecule has 2 aromatic heterocycles. The summed E-state index contributed by atoms with van der Waals surface area (Å²) in [6.45, 7) is 2.83. The number of halogens is 1. The van der Waals surface area contributed by atoms with Gasteiger partial charge in [-0.25, -0.2) is 9.97 Å². The summed E-state index contributed by atoms with van der Waals surface area (Å²) >= 11 is 7.73. The van der Waals surface area contributed by atoms with Gasteiger partial charge in [0.05, 0.1) is 29.0 Å². The topological polar surface area (TPSA) is 39.9 Å². The smallest absolute Gasteiger partial charge is 0.124 e. The first-order valence-corrected chi connectivity index (χ1v) is 8.13. The Balaban J connectivity index is 1.94. The van der Waals surface area contributed by atoms with Gasteiger partial charge in [0, 0.05) is 30.1 Å². The molecule has 0 N–H and O–H groups in total. The fourth-order valence-electron chi connectivity index (χ4n) is 2.36. The minimum absolute atomic E-state index is 0.397. The lowest BCUT2D eigenvalue weighted by atomic mass is 10.3. The summed E-state index contributed by atoms with van der Waals surface area (Å²) in [6, 6.07) is 5.89. The van der Waals surface area contributed by atoms with Gasteiger partial charge < -0.3 is 9.30 Å². The number of aryl methyl sites for hydroxylation is 3. The van der Waals surface area contributed by atoms with Crippen LogP contribution in [-0.4, -0.2) is 21.6 Å². The number of alkyl halides is 1. The first kappa shape index (κ1) is 14.4. The summed E-state index contributed by atoms with van der Waals surface area (Å²) in [7, 11) is 1.67. The Kier molecular flexibility index (Phi) is 4.12. The largest absolute Gasteiger partial charge is 0.497 e. The number of aromatic nitrogens is 3. The van der Waals surface area contributed by atoms with E-state index in [0.29, 0.717) is 5.88 Å². The van der Waals surface area contributed by atoms with Gasteiger partial charge in [0.2, 0.25) is 0 Å². The molecule has 0 radical (unpaired) electrons. The van der Waals surface area contributed by atoms with E-state index in [1.54, 1.807) is 18.4 Å². The molecule has 2 heterocycles. The van der Waals surface area contributed by atoms with Crippen LogP contribution < -0.4 is 4.74 Å². The number of imidazole rings is 1. The standard InChI is InChI=1S/C15H16ClN3OS/c1-10-9-21-15(17-10)5-6-19-13-7-11(20-2)3-4-12(13)18-14(19)8-16/h3-4,7,9H,5-6,8H2,1-2H3. The number of hydrogen-bond acceptors (Lipinski definition) is 4. The average Bonchev–Trinajstić information content (AvgIpc) is 3.07. The molecule has 0 bridgehead atoms. The van der Waals surface area contributed by atoms with Gasteiger partial charge in [-0.3, -0.25) is 0 Å². The number of ether oxygens (including phenoxy) is 1.